The molecule has 144 valence electrons. The zero-order valence-corrected chi connectivity index (χ0v) is 16.7. The van der Waals surface area contributed by atoms with E-state index in [1.165, 1.54) is 56.9 Å². The van der Waals surface area contributed by atoms with E-state index in [2.05, 4.69) is 19.1 Å². The number of ether oxygens (including phenoxy) is 1. The lowest BCUT2D eigenvalue weighted by Gasteiger charge is -2.29. The highest BCUT2D eigenvalue weighted by molar-refractivity contribution is 5.92. The Kier molecular flexibility index (Phi) is 7.09. The number of benzene rings is 2. The third kappa shape index (κ3) is 5.45. The number of unbranched alkanes of at least 4 members (excludes halogenated alkanes) is 2. The first-order valence-electron chi connectivity index (χ1n) is 10.5. The quantitative estimate of drug-likeness (QED) is 0.298. The lowest BCUT2D eigenvalue weighted by molar-refractivity contribution is 0.0734. The second-order valence-corrected chi connectivity index (χ2v) is 7.99. The molecule has 27 heavy (non-hydrogen) atoms. The molecule has 0 aromatic heterocycles. The molecule has 0 bridgehead atoms. The molecule has 0 unspecified atom stereocenters. The van der Waals surface area contributed by atoms with Gasteiger partial charge in [-0.25, -0.2) is 4.79 Å². The molecule has 0 saturated heterocycles. The van der Waals surface area contributed by atoms with Crippen LogP contribution in [0.3, 0.4) is 0 Å². The minimum atomic E-state index is -0.284. The second-order valence-electron chi connectivity index (χ2n) is 7.99. The second kappa shape index (κ2) is 9.73. The van der Waals surface area contributed by atoms with Crippen LogP contribution in [-0.2, 0) is 0 Å². The highest BCUT2D eigenvalue weighted by Gasteiger charge is 2.22. The summed E-state index contributed by atoms with van der Waals surface area (Å²) in [7, 11) is 0. The molecule has 0 heterocycles. The Balaban J connectivity index is 1.52. The summed E-state index contributed by atoms with van der Waals surface area (Å²) in [5.41, 5.74) is 2.95. The molecule has 1 saturated carbocycles. The molecular weight excluding hydrogens is 332 g/mol. The van der Waals surface area contributed by atoms with Crippen molar-refractivity contribution >= 4 is 5.97 Å². The summed E-state index contributed by atoms with van der Waals surface area (Å²) in [6.07, 6.45) is 10.8. The molecule has 1 aliphatic rings. The Labute approximate surface area is 164 Å². The summed E-state index contributed by atoms with van der Waals surface area (Å²) in [5.74, 6) is 1.93. The van der Waals surface area contributed by atoms with Gasteiger partial charge in [0.25, 0.3) is 0 Å². The van der Waals surface area contributed by atoms with Crippen LogP contribution in [0.1, 0.15) is 85.7 Å². The molecule has 0 atom stereocenters. The van der Waals surface area contributed by atoms with Crippen molar-refractivity contribution in [3.05, 3.63) is 65.2 Å². The van der Waals surface area contributed by atoms with Crippen LogP contribution in [0.5, 0.6) is 5.75 Å². The number of aryl methyl sites for hydroxylation is 1. The minimum absolute atomic E-state index is 0.284. The van der Waals surface area contributed by atoms with Gasteiger partial charge in [-0.3, -0.25) is 0 Å². The Hall–Kier alpha value is -2.09. The maximum Gasteiger partial charge on any atom is 0.343 e. The van der Waals surface area contributed by atoms with Crippen molar-refractivity contribution in [2.45, 2.75) is 71.1 Å². The number of hydrogen-bond donors (Lipinski definition) is 0. The average Bonchev–Trinajstić information content (AvgIpc) is 2.70. The Morgan fingerprint density at radius 1 is 0.963 bits per heavy atom. The van der Waals surface area contributed by atoms with E-state index < -0.39 is 0 Å². The first-order valence-corrected chi connectivity index (χ1v) is 10.5. The summed E-state index contributed by atoms with van der Waals surface area (Å²) in [4.78, 5) is 12.3. The van der Waals surface area contributed by atoms with Gasteiger partial charge in [0, 0.05) is 0 Å². The van der Waals surface area contributed by atoms with E-state index in [-0.39, 0.29) is 5.97 Å². The molecule has 2 aromatic rings. The zero-order valence-electron chi connectivity index (χ0n) is 16.7. The van der Waals surface area contributed by atoms with Gasteiger partial charge in [-0.1, -0.05) is 62.9 Å². The number of rotatable bonds is 7. The summed E-state index contributed by atoms with van der Waals surface area (Å²) >= 11 is 0. The fourth-order valence-electron chi connectivity index (χ4n) is 4.24. The summed E-state index contributed by atoms with van der Waals surface area (Å²) in [6.45, 7) is 4.21. The van der Waals surface area contributed by atoms with Crippen molar-refractivity contribution in [1.82, 2.24) is 0 Å². The van der Waals surface area contributed by atoms with Gasteiger partial charge in [-0.05, 0) is 73.8 Å². The zero-order chi connectivity index (χ0) is 19.1. The van der Waals surface area contributed by atoms with E-state index in [9.17, 15) is 4.79 Å². The first kappa shape index (κ1) is 19.7. The number of esters is 1. The van der Waals surface area contributed by atoms with E-state index in [0.717, 1.165) is 11.5 Å². The number of carbonyl (C=O) groups is 1. The molecule has 0 aliphatic heterocycles. The largest absolute Gasteiger partial charge is 0.423 e. The van der Waals surface area contributed by atoms with Gasteiger partial charge in [0.2, 0.25) is 0 Å². The molecule has 2 heteroatoms. The first-order chi connectivity index (χ1) is 13.2. The topological polar surface area (TPSA) is 26.3 Å². The standard InChI is InChI=1S/C25H32O2/c1-3-4-5-9-20-11-13-21(14-12-20)22-15-17-23(18-16-22)27-25(26)24-10-7-6-8-19(24)2/h6-8,10,15-18,20-21H,3-5,9,11-14H2,1-2H3. The summed E-state index contributed by atoms with van der Waals surface area (Å²) in [6, 6.07) is 15.7. The molecule has 0 radical (unpaired) electrons. The molecule has 2 aromatic carbocycles. The van der Waals surface area contributed by atoms with Gasteiger partial charge < -0.3 is 4.74 Å². The van der Waals surface area contributed by atoms with Gasteiger partial charge in [-0.15, -0.1) is 0 Å². The molecule has 3 rings (SSSR count). The molecule has 0 amide bonds. The van der Waals surface area contributed by atoms with Gasteiger partial charge in [-0.2, -0.15) is 0 Å². The summed E-state index contributed by atoms with van der Waals surface area (Å²) < 4.78 is 5.56. The Morgan fingerprint density at radius 3 is 2.33 bits per heavy atom. The van der Waals surface area contributed by atoms with Crippen LogP contribution in [0, 0.1) is 12.8 Å². The van der Waals surface area contributed by atoms with Crippen molar-refractivity contribution in [2.24, 2.45) is 5.92 Å². The molecule has 1 fully saturated rings. The van der Waals surface area contributed by atoms with Crippen LogP contribution in [0.15, 0.2) is 48.5 Å². The highest BCUT2D eigenvalue weighted by atomic mass is 16.5. The average molecular weight is 365 g/mol. The van der Waals surface area contributed by atoms with E-state index in [4.69, 9.17) is 4.74 Å². The van der Waals surface area contributed by atoms with Crippen molar-refractivity contribution in [1.29, 1.82) is 0 Å². The van der Waals surface area contributed by atoms with Gasteiger partial charge in [0.15, 0.2) is 0 Å². The van der Waals surface area contributed by atoms with Crippen LogP contribution in [0.2, 0.25) is 0 Å². The van der Waals surface area contributed by atoms with Gasteiger partial charge in [0.05, 0.1) is 5.56 Å². The molecule has 0 N–H and O–H groups in total. The molecule has 0 spiro atoms. The smallest absolute Gasteiger partial charge is 0.343 e. The fourth-order valence-corrected chi connectivity index (χ4v) is 4.24. The van der Waals surface area contributed by atoms with Crippen LogP contribution in [0.25, 0.3) is 0 Å². The van der Waals surface area contributed by atoms with Crippen molar-refractivity contribution < 1.29 is 9.53 Å². The monoisotopic (exact) mass is 364 g/mol. The number of carbonyl (C=O) groups excluding carboxylic acids is 1. The maximum absolute atomic E-state index is 12.3. The Bertz CT molecular complexity index is 724. The van der Waals surface area contributed by atoms with E-state index in [0.29, 0.717) is 17.2 Å². The van der Waals surface area contributed by atoms with E-state index in [1.54, 1.807) is 0 Å². The predicted octanol–water partition coefficient (Wildman–Crippen LogP) is 7.07. The Morgan fingerprint density at radius 2 is 1.67 bits per heavy atom. The molecule has 2 nitrogen and oxygen atoms in total. The fraction of sp³-hybridized carbons (Fsp3) is 0.480. The van der Waals surface area contributed by atoms with Crippen molar-refractivity contribution in [3.8, 4) is 5.75 Å². The maximum atomic E-state index is 12.3. The van der Waals surface area contributed by atoms with Gasteiger partial charge in [0.1, 0.15) is 5.75 Å². The summed E-state index contributed by atoms with van der Waals surface area (Å²) in [5, 5.41) is 0. The molecule has 1 aliphatic carbocycles. The molecular formula is C25H32O2. The van der Waals surface area contributed by atoms with Crippen LogP contribution in [0.4, 0.5) is 0 Å². The van der Waals surface area contributed by atoms with Gasteiger partial charge >= 0.3 is 5.97 Å². The third-order valence-corrected chi connectivity index (χ3v) is 5.99. The lowest BCUT2D eigenvalue weighted by Crippen LogP contribution is -2.13. The lowest BCUT2D eigenvalue weighted by atomic mass is 9.77. The SMILES string of the molecule is CCCCCC1CCC(c2ccc(OC(=O)c3ccccc3C)cc2)CC1. The van der Waals surface area contributed by atoms with Crippen LogP contribution >= 0.6 is 0 Å². The van der Waals surface area contributed by atoms with Crippen molar-refractivity contribution in [3.63, 3.8) is 0 Å². The van der Waals surface area contributed by atoms with E-state index >= 15 is 0 Å². The normalized spacial score (nSPS) is 19.6. The third-order valence-electron chi connectivity index (χ3n) is 5.99. The van der Waals surface area contributed by atoms with Crippen molar-refractivity contribution in [2.75, 3.05) is 0 Å². The van der Waals surface area contributed by atoms with Crippen LogP contribution in [-0.4, -0.2) is 5.97 Å². The number of hydrogen-bond acceptors (Lipinski definition) is 2. The highest BCUT2D eigenvalue weighted by Crippen LogP contribution is 2.38. The predicted molar refractivity (Wildman–Crippen MR) is 111 cm³/mol. The van der Waals surface area contributed by atoms with Crippen LogP contribution < -0.4 is 4.74 Å². The minimum Gasteiger partial charge on any atom is -0.423 e. The van der Waals surface area contributed by atoms with E-state index in [1.807, 2.05) is 43.3 Å².